The van der Waals surface area contributed by atoms with E-state index in [2.05, 4.69) is 25.7 Å². The summed E-state index contributed by atoms with van der Waals surface area (Å²) in [4.78, 5) is 8.81. The lowest BCUT2D eigenvalue weighted by Gasteiger charge is -2.22. The molecular formula is C20H23ClN6O. The Balaban J connectivity index is 1.41. The van der Waals surface area contributed by atoms with Crippen molar-refractivity contribution in [3.05, 3.63) is 47.9 Å². The van der Waals surface area contributed by atoms with Crippen LogP contribution in [-0.2, 0) is 11.8 Å². The van der Waals surface area contributed by atoms with Gasteiger partial charge in [-0.2, -0.15) is 10.1 Å². The van der Waals surface area contributed by atoms with E-state index in [0.29, 0.717) is 22.7 Å². The molecular weight excluding hydrogens is 376 g/mol. The molecule has 28 heavy (non-hydrogen) atoms. The van der Waals surface area contributed by atoms with Crippen LogP contribution in [0.15, 0.2) is 42.9 Å². The van der Waals surface area contributed by atoms with Gasteiger partial charge in [0.1, 0.15) is 5.02 Å². The second-order valence-corrected chi connectivity index (χ2v) is 7.34. The van der Waals surface area contributed by atoms with E-state index in [4.69, 9.17) is 16.3 Å². The molecule has 0 aliphatic carbocycles. The Hall–Kier alpha value is -2.64. The van der Waals surface area contributed by atoms with Crippen LogP contribution >= 0.6 is 11.6 Å². The Labute approximate surface area is 169 Å². The van der Waals surface area contributed by atoms with Gasteiger partial charge in [0.2, 0.25) is 5.95 Å². The Morgan fingerprint density at radius 2 is 1.93 bits per heavy atom. The third-order valence-corrected chi connectivity index (χ3v) is 5.10. The van der Waals surface area contributed by atoms with Gasteiger partial charge in [-0.05, 0) is 36.5 Å². The first-order valence-electron chi connectivity index (χ1n) is 9.37. The average Bonchev–Trinajstić information content (AvgIpc) is 3.16. The van der Waals surface area contributed by atoms with Crippen molar-refractivity contribution in [3.8, 4) is 11.1 Å². The summed E-state index contributed by atoms with van der Waals surface area (Å²) in [6.07, 6.45) is 7.57. The molecule has 3 aromatic rings. The van der Waals surface area contributed by atoms with E-state index < -0.39 is 0 Å². The Morgan fingerprint density at radius 3 is 2.64 bits per heavy atom. The highest BCUT2D eigenvalue weighted by atomic mass is 35.5. The third kappa shape index (κ3) is 4.61. The molecule has 1 aliphatic rings. The van der Waals surface area contributed by atoms with Crippen molar-refractivity contribution in [2.45, 2.75) is 12.8 Å². The zero-order chi connectivity index (χ0) is 19.3. The number of hydrogen-bond donors (Lipinski definition) is 2. The predicted octanol–water partition coefficient (Wildman–Crippen LogP) is 4.11. The van der Waals surface area contributed by atoms with Gasteiger partial charge in [-0.15, -0.1) is 0 Å². The predicted molar refractivity (Wildman–Crippen MR) is 111 cm³/mol. The van der Waals surface area contributed by atoms with E-state index in [1.54, 1.807) is 10.9 Å². The van der Waals surface area contributed by atoms with Crippen molar-refractivity contribution in [2.24, 2.45) is 13.0 Å². The molecule has 0 amide bonds. The second kappa shape index (κ2) is 8.58. The average molecular weight is 399 g/mol. The Morgan fingerprint density at radius 1 is 1.14 bits per heavy atom. The van der Waals surface area contributed by atoms with Crippen LogP contribution < -0.4 is 10.6 Å². The smallest absolute Gasteiger partial charge is 0.229 e. The van der Waals surface area contributed by atoms with Gasteiger partial charge in [-0.1, -0.05) is 23.7 Å². The number of aryl methyl sites for hydroxylation is 1. The molecule has 2 N–H and O–H groups in total. The van der Waals surface area contributed by atoms with Crippen LogP contribution in [-0.4, -0.2) is 39.5 Å². The summed E-state index contributed by atoms with van der Waals surface area (Å²) >= 11 is 6.26. The van der Waals surface area contributed by atoms with Crippen LogP contribution in [0.2, 0.25) is 5.02 Å². The summed E-state index contributed by atoms with van der Waals surface area (Å²) in [5.74, 6) is 1.74. The minimum Gasteiger partial charge on any atom is -0.381 e. The zero-order valence-electron chi connectivity index (χ0n) is 15.7. The standard InChI is InChI=1S/C20H23ClN6O/c1-27-13-16(11-24-27)15-2-4-17(5-3-15)25-20-23-12-18(21)19(26-20)22-10-14-6-8-28-9-7-14/h2-5,11-14H,6-10H2,1H3,(H2,22,23,25,26). The lowest BCUT2D eigenvalue weighted by atomic mass is 10.0. The summed E-state index contributed by atoms with van der Waals surface area (Å²) in [6, 6.07) is 8.07. The molecule has 1 fully saturated rings. The molecule has 7 nitrogen and oxygen atoms in total. The van der Waals surface area contributed by atoms with E-state index in [9.17, 15) is 0 Å². The minimum absolute atomic E-state index is 0.507. The number of benzene rings is 1. The maximum atomic E-state index is 6.26. The normalized spacial score (nSPS) is 14.8. The van der Waals surface area contributed by atoms with Gasteiger partial charge < -0.3 is 15.4 Å². The fourth-order valence-corrected chi connectivity index (χ4v) is 3.35. The largest absolute Gasteiger partial charge is 0.381 e. The molecule has 1 saturated heterocycles. The number of nitrogens with zero attached hydrogens (tertiary/aromatic N) is 4. The maximum Gasteiger partial charge on any atom is 0.229 e. The van der Waals surface area contributed by atoms with E-state index in [1.807, 2.05) is 43.7 Å². The molecule has 0 saturated carbocycles. The third-order valence-electron chi connectivity index (χ3n) is 4.82. The van der Waals surface area contributed by atoms with Crippen LogP contribution in [0.3, 0.4) is 0 Å². The number of ether oxygens (including phenoxy) is 1. The molecule has 4 rings (SSSR count). The van der Waals surface area contributed by atoms with Crippen molar-refractivity contribution in [3.63, 3.8) is 0 Å². The second-order valence-electron chi connectivity index (χ2n) is 6.93. The first-order chi connectivity index (χ1) is 13.7. The monoisotopic (exact) mass is 398 g/mol. The van der Waals surface area contributed by atoms with Gasteiger partial charge in [0.15, 0.2) is 5.82 Å². The van der Waals surface area contributed by atoms with E-state index in [-0.39, 0.29) is 0 Å². The number of rotatable bonds is 6. The first kappa shape index (κ1) is 18.7. The number of anilines is 3. The van der Waals surface area contributed by atoms with Gasteiger partial charge in [0.25, 0.3) is 0 Å². The molecule has 0 radical (unpaired) electrons. The highest BCUT2D eigenvalue weighted by Gasteiger charge is 2.15. The van der Waals surface area contributed by atoms with Crippen LogP contribution in [0.1, 0.15) is 12.8 Å². The van der Waals surface area contributed by atoms with Gasteiger partial charge in [-0.25, -0.2) is 4.98 Å². The quantitative estimate of drug-likeness (QED) is 0.650. The fourth-order valence-electron chi connectivity index (χ4n) is 3.19. The lowest BCUT2D eigenvalue weighted by Crippen LogP contribution is -2.23. The molecule has 1 aliphatic heterocycles. The van der Waals surface area contributed by atoms with Gasteiger partial charge in [0, 0.05) is 44.3 Å². The van der Waals surface area contributed by atoms with Crippen molar-refractivity contribution < 1.29 is 4.74 Å². The van der Waals surface area contributed by atoms with E-state index in [1.165, 1.54) is 0 Å². The molecule has 2 aromatic heterocycles. The zero-order valence-corrected chi connectivity index (χ0v) is 16.5. The molecule has 8 heteroatoms. The Kier molecular flexibility index (Phi) is 5.73. The molecule has 0 atom stereocenters. The van der Waals surface area contributed by atoms with Crippen LogP contribution in [0, 0.1) is 5.92 Å². The van der Waals surface area contributed by atoms with E-state index in [0.717, 1.165) is 49.4 Å². The van der Waals surface area contributed by atoms with Crippen molar-refractivity contribution >= 4 is 29.1 Å². The van der Waals surface area contributed by atoms with Crippen LogP contribution in [0.25, 0.3) is 11.1 Å². The fraction of sp³-hybridized carbons (Fsp3) is 0.350. The molecule has 1 aromatic carbocycles. The minimum atomic E-state index is 0.507. The van der Waals surface area contributed by atoms with Gasteiger partial charge in [0.05, 0.1) is 12.4 Å². The highest BCUT2D eigenvalue weighted by Crippen LogP contribution is 2.25. The van der Waals surface area contributed by atoms with Crippen molar-refractivity contribution in [1.82, 2.24) is 19.7 Å². The summed E-state index contributed by atoms with van der Waals surface area (Å²) in [5.41, 5.74) is 3.09. The van der Waals surface area contributed by atoms with E-state index >= 15 is 0 Å². The Bertz CT molecular complexity index is 921. The topological polar surface area (TPSA) is 76.9 Å². The first-order valence-corrected chi connectivity index (χ1v) is 9.75. The summed E-state index contributed by atoms with van der Waals surface area (Å²) in [6.45, 7) is 2.48. The highest BCUT2D eigenvalue weighted by molar-refractivity contribution is 6.32. The summed E-state index contributed by atoms with van der Waals surface area (Å²) < 4.78 is 7.19. The van der Waals surface area contributed by atoms with Crippen LogP contribution in [0.5, 0.6) is 0 Å². The maximum absolute atomic E-state index is 6.26. The lowest BCUT2D eigenvalue weighted by molar-refractivity contribution is 0.0699. The SMILES string of the molecule is Cn1cc(-c2ccc(Nc3ncc(Cl)c(NCC4CCOCC4)n3)cc2)cn1. The number of nitrogens with one attached hydrogen (secondary N) is 2. The van der Waals surface area contributed by atoms with Crippen LogP contribution in [0.4, 0.5) is 17.5 Å². The summed E-state index contributed by atoms with van der Waals surface area (Å²) in [7, 11) is 1.91. The van der Waals surface area contributed by atoms with Crippen molar-refractivity contribution in [1.29, 1.82) is 0 Å². The number of halogens is 1. The van der Waals surface area contributed by atoms with Crippen molar-refractivity contribution in [2.75, 3.05) is 30.4 Å². The van der Waals surface area contributed by atoms with Gasteiger partial charge >= 0.3 is 0 Å². The molecule has 146 valence electrons. The number of aromatic nitrogens is 4. The molecule has 0 unspecified atom stereocenters. The molecule has 0 spiro atoms. The summed E-state index contributed by atoms with van der Waals surface area (Å²) in [5, 5.41) is 11.3. The molecule has 0 bridgehead atoms. The van der Waals surface area contributed by atoms with Gasteiger partial charge in [-0.3, -0.25) is 4.68 Å². The molecule has 3 heterocycles. The number of hydrogen-bond acceptors (Lipinski definition) is 6.